The molecule has 0 heterocycles. The van der Waals surface area contributed by atoms with E-state index >= 15 is 0 Å². The van der Waals surface area contributed by atoms with Crippen LogP contribution in [0.5, 0.6) is 0 Å². The summed E-state index contributed by atoms with van der Waals surface area (Å²) in [5, 5.41) is 0. The van der Waals surface area contributed by atoms with Gasteiger partial charge in [0.2, 0.25) is 0 Å². The molecule has 0 aliphatic rings. The maximum atomic E-state index is 9.75. The first-order valence-corrected chi connectivity index (χ1v) is 2.39. The molecular weight excluding hydrogens is 101 g/mol. The fourth-order valence-corrected chi connectivity index (χ4v) is 0.249. The van der Waals surface area contributed by atoms with Crippen molar-refractivity contribution in [3.63, 3.8) is 0 Å². The third-order valence-electron chi connectivity index (χ3n) is 0.203. The number of carbonyl (C=O) groups is 1. The van der Waals surface area contributed by atoms with E-state index < -0.39 is 0 Å². The van der Waals surface area contributed by atoms with Gasteiger partial charge in [-0.05, 0) is 0 Å². The second-order valence-electron chi connectivity index (χ2n) is 0.711. The zero-order valence-electron chi connectivity index (χ0n) is 3.39. The third kappa shape index (κ3) is 3.86. The minimum atomic E-state index is -0.323. The molecule has 3 nitrogen and oxygen atoms in total. The van der Waals surface area contributed by atoms with Gasteiger partial charge in [-0.2, -0.15) is 0 Å². The van der Waals surface area contributed by atoms with E-state index in [4.69, 9.17) is 5.50 Å². The molecule has 1 atom stereocenters. The van der Waals surface area contributed by atoms with Gasteiger partial charge in [-0.1, -0.05) is 0 Å². The molecule has 0 bridgehead atoms. The van der Waals surface area contributed by atoms with Crippen LogP contribution in [-0.2, 0) is 9.32 Å². The van der Waals surface area contributed by atoms with Crippen LogP contribution in [0.15, 0.2) is 0 Å². The molecule has 1 unspecified atom stereocenters. The summed E-state index contributed by atoms with van der Waals surface area (Å²) in [4.78, 5) is 9.75. The highest BCUT2D eigenvalue weighted by molar-refractivity contribution is 7.29. The minimum absolute atomic E-state index is 0.211. The normalized spacial score (nSPS) is 9.67. The molecule has 0 aromatic heterocycles. The highest BCUT2D eigenvalue weighted by Gasteiger charge is 1.82. The summed E-state index contributed by atoms with van der Waals surface area (Å²) in [7, 11) is -0.211. The molecule has 36 valence electrons. The van der Waals surface area contributed by atoms with E-state index in [1.165, 1.54) is 6.92 Å². The van der Waals surface area contributed by atoms with Crippen LogP contribution in [0.25, 0.3) is 0 Å². The highest BCUT2D eigenvalue weighted by Crippen LogP contribution is 1.95. The summed E-state index contributed by atoms with van der Waals surface area (Å²) in [6.07, 6.45) is 0. The topological polar surface area (TPSA) is 52.3 Å². The summed E-state index contributed by atoms with van der Waals surface area (Å²) < 4.78 is 4.21. The molecule has 0 amide bonds. The summed E-state index contributed by atoms with van der Waals surface area (Å²) in [5.41, 5.74) is 4.81. The molecule has 0 radical (unpaired) electrons. The van der Waals surface area contributed by atoms with Crippen LogP contribution in [-0.4, -0.2) is 5.97 Å². The predicted octanol–water partition coefficient (Wildman–Crippen LogP) is 0.0167. The van der Waals surface area contributed by atoms with E-state index in [2.05, 4.69) is 4.52 Å². The van der Waals surface area contributed by atoms with Crippen molar-refractivity contribution in [3.05, 3.63) is 0 Å². The van der Waals surface area contributed by atoms with E-state index in [9.17, 15) is 4.79 Å². The van der Waals surface area contributed by atoms with Gasteiger partial charge in [0.15, 0.2) is 0 Å². The second-order valence-corrected chi connectivity index (χ2v) is 1.15. The van der Waals surface area contributed by atoms with E-state index in [1.807, 2.05) is 0 Å². The number of rotatable bonds is 1. The Morgan fingerprint density at radius 3 is 2.50 bits per heavy atom. The van der Waals surface area contributed by atoms with Gasteiger partial charge in [0.25, 0.3) is 0 Å². The molecule has 0 aromatic rings. The monoisotopic (exact) mass is 107 g/mol. The lowest BCUT2D eigenvalue weighted by Crippen LogP contribution is -1.89. The fraction of sp³-hybridized carbons (Fsp3) is 0.500. The molecule has 4 heteroatoms. The van der Waals surface area contributed by atoms with Crippen molar-refractivity contribution in [3.8, 4) is 0 Å². The Morgan fingerprint density at radius 2 is 2.50 bits per heavy atom. The highest BCUT2D eigenvalue weighted by atomic mass is 31.1. The quantitative estimate of drug-likeness (QED) is 0.480. The lowest BCUT2D eigenvalue weighted by Gasteiger charge is -1.88. The van der Waals surface area contributed by atoms with Crippen molar-refractivity contribution in [1.29, 1.82) is 0 Å². The average molecular weight is 107 g/mol. The number of nitrogens with two attached hydrogens (primary N) is 1. The lowest BCUT2D eigenvalue weighted by atomic mass is 10.9. The van der Waals surface area contributed by atoms with Crippen molar-refractivity contribution < 1.29 is 9.32 Å². The lowest BCUT2D eigenvalue weighted by molar-refractivity contribution is -0.130. The molecule has 0 aromatic carbocycles. The Morgan fingerprint density at radius 1 is 2.00 bits per heavy atom. The predicted molar refractivity (Wildman–Crippen MR) is 24.3 cm³/mol. The van der Waals surface area contributed by atoms with Gasteiger partial charge in [0.1, 0.15) is 8.96 Å². The zero-order chi connectivity index (χ0) is 4.99. The zero-order valence-corrected chi connectivity index (χ0v) is 4.39. The number of hydrogen-bond acceptors (Lipinski definition) is 3. The number of hydrogen-bond donors (Lipinski definition) is 1. The first-order valence-electron chi connectivity index (χ1n) is 1.40. The average Bonchev–Trinajstić information content (AvgIpc) is 1.35. The summed E-state index contributed by atoms with van der Waals surface area (Å²) in [6.45, 7) is 1.32. The van der Waals surface area contributed by atoms with E-state index in [1.54, 1.807) is 0 Å². The summed E-state index contributed by atoms with van der Waals surface area (Å²) in [5.74, 6) is -0.323. The smallest absolute Gasteiger partial charge is 0.306 e. The molecule has 0 fully saturated rings. The van der Waals surface area contributed by atoms with Gasteiger partial charge in [-0.3, -0.25) is 10.3 Å². The molecule has 0 saturated carbocycles. The largest absolute Gasteiger partial charge is 0.432 e. The molecule has 0 rings (SSSR count). The van der Waals surface area contributed by atoms with Crippen molar-refractivity contribution in [2.75, 3.05) is 0 Å². The van der Waals surface area contributed by atoms with Gasteiger partial charge in [0, 0.05) is 6.92 Å². The first-order chi connectivity index (χ1) is 2.77. The Balaban J connectivity index is 2.83. The van der Waals surface area contributed by atoms with Gasteiger partial charge >= 0.3 is 5.97 Å². The fourth-order valence-electron chi connectivity index (χ4n) is 0.0830. The van der Waals surface area contributed by atoms with Crippen molar-refractivity contribution in [1.82, 2.24) is 0 Å². The molecule has 0 aliphatic heterocycles. The van der Waals surface area contributed by atoms with Crippen LogP contribution >= 0.6 is 8.96 Å². The van der Waals surface area contributed by atoms with Crippen LogP contribution < -0.4 is 5.50 Å². The standard InChI is InChI=1S/C2H6NO2P/c1-2(4)5-6-3/h6H,3H2,1H3. The first kappa shape index (κ1) is 5.86. The van der Waals surface area contributed by atoms with Crippen molar-refractivity contribution in [2.45, 2.75) is 6.92 Å². The maximum absolute atomic E-state index is 9.75. The summed E-state index contributed by atoms with van der Waals surface area (Å²) in [6, 6.07) is 0. The Kier molecular flexibility index (Phi) is 2.99. The van der Waals surface area contributed by atoms with Crippen LogP contribution in [0.3, 0.4) is 0 Å². The van der Waals surface area contributed by atoms with E-state index in [-0.39, 0.29) is 14.9 Å². The molecule has 6 heavy (non-hydrogen) atoms. The Bertz CT molecular complexity index is 55.5. The van der Waals surface area contributed by atoms with Gasteiger partial charge in [-0.25, -0.2) is 0 Å². The van der Waals surface area contributed by atoms with E-state index in [0.29, 0.717) is 0 Å². The van der Waals surface area contributed by atoms with Gasteiger partial charge in [0.05, 0.1) is 0 Å². The molecule has 0 saturated heterocycles. The molecule has 0 aliphatic carbocycles. The Labute approximate surface area is 37.8 Å². The van der Waals surface area contributed by atoms with E-state index in [0.717, 1.165) is 0 Å². The van der Waals surface area contributed by atoms with Crippen molar-refractivity contribution in [2.24, 2.45) is 5.50 Å². The minimum Gasteiger partial charge on any atom is -0.432 e. The van der Waals surface area contributed by atoms with Crippen LogP contribution in [0, 0.1) is 0 Å². The van der Waals surface area contributed by atoms with Crippen LogP contribution in [0.4, 0.5) is 0 Å². The SMILES string of the molecule is CC(=O)OPN. The maximum Gasteiger partial charge on any atom is 0.306 e. The van der Waals surface area contributed by atoms with Gasteiger partial charge < -0.3 is 4.52 Å². The van der Waals surface area contributed by atoms with Crippen molar-refractivity contribution >= 4 is 14.9 Å². The van der Waals surface area contributed by atoms with Gasteiger partial charge in [-0.15, -0.1) is 0 Å². The number of carbonyl (C=O) groups excluding carboxylic acids is 1. The van der Waals surface area contributed by atoms with Crippen LogP contribution in [0.1, 0.15) is 6.92 Å². The Hall–Kier alpha value is -0.140. The third-order valence-corrected chi connectivity index (χ3v) is 0.608. The molecular formula is C2H6NO2P. The molecule has 0 spiro atoms. The summed E-state index contributed by atoms with van der Waals surface area (Å²) >= 11 is 0. The molecule has 2 N–H and O–H groups in total. The second kappa shape index (κ2) is 3.07. The van der Waals surface area contributed by atoms with Crippen LogP contribution in [0.2, 0.25) is 0 Å².